The number of amides is 2. The van der Waals surface area contributed by atoms with Crippen LogP contribution in [0, 0.1) is 11.8 Å². The van der Waals surface area contributed by atoms with Crippen molar-refractivity contribution < 1.29 is 27.9 Å². The van der Waals surface area contributed by atoms with Crippen LogP contribution in [0.1, 0.15) is 38.5 Å². The highest BCUT2D eigenvalue weighted by Crippen LogP contribution is 2.28. The van der Waals surface area contributed by atoms with E-state index in [1.807, 2.05) is 0 Å². The van der Waals surface area contributed by atoms with E-state index in [1.165, 1.54) is 24.3 Å². The van der Waals surface area contributed by atoms with Gasteiger partial charge in [0.2, 0.25) is 21.8 Å². The Balaban J connectivity index is 1.72. The fourth-order valence-corrected chi connectivity index (χ4v) is 5.03. The third-order valence-electron chi connectivity index (χ3n) is 5.77. The number of rotatable bonds is 13. The second kappa shape index (κ2) is 13.6. The van der Waals surface area contributed by atoms with E-state index in [9.17, 15) is 27.9 Å². The van der Waals surface area contributed by atoms with Gasteiger partial charge in [-0.2, -0.15) is 4.72 Å². The molecule has 2 rings (SSSR count). The zero-order valence-electron chi connectivity index (χ0n) is 19.5. The summed E-state index contributed by atoms with van der Waals surface area (Å²) < 4.78 is 26.9. The maximum atomic E-state index is 12.4. The SMILES string of the molecule is NC(N)=NCCCNC(=O)C1CCC(CNC(=O)CC(NS(=O)(=O)c2ccccc2)C(=O)O)CC1. The molecule has 0 radical (unpaired) electrons. The summed E-state index contributed by atoms with van der Waals surface area (Å²) >= 11 is 0. The zero-order chi connectivity index (χ0) is 25.8. The quantitative estimate of drug-likeness (QED) is 0.116. The van der Waals surface area contributed by atoms with E-state index in [1.54, 1.807) is 6.07 Å². The predicted octanol–water partition coefficient (Wildman–Crippen LogP) is -0.489. The highest BCUT2D eigenvalue weighted by Gasteiger charge is 2.29. The summed E-state index contributed by atoms with van der Waals surface area (Å²) in [4.78, 5) is 39.9. The molecule has 194 valence electrons. The normalized spacial score (nSPS) is 18.7. The third-order valence-corrected chi connectivity index (χ3v) is 7.26. The summed E-state index contributed by atoms with van der Waals surface area (Å²) in [5, 5.41) is 15.0. The van der Waals surface area contributed by atoms with E-state index >= 15 is 0 Å². The van der Waals surface area contributed by atoms with Crippen molar-refractivity contribution in [1.29, 1.82) is 0 Å². The Morgan fingerprint density at radius 1 is 1.06 bits per heavy atom. The average Bonchev–Trinajstić information content (AvgIpc) is 2.82. The molecular weight excluding hydrogens is 476 g/mol. The van der Waals surface area contributed by atoms with Crippen LogP contribution in [0.3, 0.4) is 0 Å². The molecule has 0 aromatic heterocycles. The van der Waals surface area contributed by atoms with E-state index in [2.05, 4.69) is 20.3 Å². The maximum absolute atomic E-state index is 12.4. The minimum atomic E-state index is -4.08. The Morgan fingerprint density at radius 3 is 2.31 bits per heavy atom. The first-order valence-electron chi connectivity index (χ1n) is 11.5. The molecule has 0 bridgehead atoms. The van der Waals surface area contributed by atoms with E-state index in [0.717, 1.165) is 12.8 Å². The van der Waals surface area contributed by atoms with Gasteiger partial charge in [-0.05, 0) is 50.2 Å². The van der Waals surface area contributed by atoms with Gasteiger partial charge >= 0.3 is 5.97 Å². The molecule has 0 heterocycles. The van der Waals surface area contributed by atoms with Crippen molar-refractivity contribution in [2.75, 3.05) is 19.6 Å². The van der Waals surface area contributed by atoms with Gasteiger partial charge in [-0.3, -0.25) is 19.4 Å². The lowest BCUT2D eigenvalue weighted by molar-refractivity contribution is -0.141. The molecule has 13 heteroatoms. The molecule has 1 saturated carbocycles. The lowest BCUT2D eigenvalue weighted by Gasteiger charge is -2.28. The van der Waals surface area contributed by atoms with Crippen molar-refractivity contribution in [3.05, 3.63) is 30.3 Å². The van der Waals surface area contributed by atoms with Crippen LogP contribution in [0.5, 0.6) is 0 Å². The molecule has 1 aromatic rings. The summed E-state index contributed by atoms with van der Waals surface area (Å²) in [6.07, 6.45) is 2.98. The number of nitrogens with one attached hydrogen (secondary N) is 3. The number of aliphatic carboxylic acids is 1. The van der Waals surface area contributed by atoms with Gasteiger partial charge in [-0.25, -0.2) is 8.42 Å². The van der Waals surface area contributed by atoms with Crippen LogP contribution in [-0.4, -0.2) is 62.9 Å². The number of carboxylic acids is 1. The Kier molecular flexibility index (Phi) is 10.9. The first kappa shape index (κ1) is 28.1. The summed E-state index contributed by atoms with van der Waals surface area (Å²) in [5.41, 5.74) is 10.5. The Bertz CT molecular complexity index is 989. The number of aliphatic imine (C=N–C) groups is 1. The molecule has 1 fully saturated rings. The van der Waals surface area contributed by atoms with Gasteiger partial charge in [0, 0.05) is 25.6 Å². The van der Waals surface area contributed by atoms with Crippen LogP contribution in [0.25, 0.3) is 0 Å². The first-order chi connectivity index (χ1) is 16.6. The van der Waals surface area contributed by atoms with Gasteiger partial charge < -0.3 is 27.2 Å². The summed E-state index contributed by atoms with van der Waals surface area (Å²) in [7, 11) is -4.08. The summed E-state index contributed by atoms with van der Waals surface area (Å²) in [5.74, 6) is -1.91. The van der Waals surface area contributed by atoms with Gasteiger partial charge in [0.05, 0.1) is 11.3 Å². The van der Waals surface area contributed by atoms with Gasteiger partial charge in [0.25, 0.3) is 0 Å². The first-order valence-corrected chi connectivity index (χ1v) is 13.0. The molecule has 1 aromatic carbocycles. The van der Waals surface area contributed by atoms with E-state index < -0.39 is 34.4 Å². The summed E-state index contributed by atoms with van der Waals surface area (Å²) in [6, 6.07) is 5.76. The van der Waals surface area contributed by atoms with Crippen LogP contribution in [0.15, 0.2) is 40.2 Å². The maximum Gasteiger partial charge on any atom is 0.322 e. The molecule has 1 aliphatic carbocycles. The van der Waals surface area contributed by atoms with Crippen LogP contribution in [0.4, 0.5) is 0 Å². The molecule has 1 aliphatic rings. The number of nitrogens with two attached hydrogens (primary N) is 2. The highest BCUT2D eigenvalue weighted by atomic mass is 32.2. The number of benzene rings is 1. The van der Waals surface area contributed by atoms with Crippen molar-refractivity contribution in [2.24, 2.45) is 28.3 Å². The molecule has 0 saturated heterocycles. The number of carbonyl (C=O) groups excluding carboxylic acids is 2. The lowest BCUT2D eigenvalue weighted by atomic mass is 9.81. The smallest absolute Gasteiger partial charge is 0.322 e. The standard InChI is InChI=1S/C22H34N6O6S/c23-22(24)26-12-4-11-25-20(30)16-9-7-15(8-10-16)14-27-19(29)13-18(21(31)32)28-35(33,34)17-5-2-1-3-6-17/h1-3,5-6,15-16,18,28H,4,7-14H2,(H,25,30)(H,27,29)(H,31,32)(H4,23,24,26). The number of carboxylic acid groups (broad SMARTS) is 1. The molecule has 35 heavy (non-hydrogen) atoms. The van der Waals surface area contributed by atoms with Crippen molar-refractivity contribution in [2.45, 2.75) is 49.5 Å². The van der Waals surface area contributed by atoms with Gasteiger partial charge in [-0.1, -0.05) is 18.2 Å². The van der Waals surface area contributed by atoms with Crippen LogP contribution in [-0.2, 0) is 24.4 Å². The molecule has 0 spiro atoms. The van der Waals surface area contributed by atoms with E-state index in [-0.39, 0.29) is 28.6 Å². The van der Waals surface area contributed by atoms with Crippen LogP contribution >= 0.6 is 0 Å². The van der Waals surface area contributed by atoms with Crippen molar-refractivity contribution >= 4 is 33.8 Å². The molecule has 12 nitrogen and oxygen atoms in total. The lowest BCUT2D eigenvalue weighted by Crippen LogP contribution is -2.44. The number of sulfonamides is 1. The molecule has 2 amide bonds. The fraction of sp³-hybridized carbons (Fsp3) is 0.545. The average molecular weight is 511 g/mol. The van der Waals surface area contributed by atoms with E-state index in [0.29, 0.717) is 38.9 Å². The molecule has 0 aliphatic heterocycles. The van der Waals surface area contributed by atoms with Crippen LogP contribution < -0.4 is 26.8 Å². The Morgan fingerprint density at radius 2 is 1.71 bits per heavy atom. The number of carbonyl (C=O) groups is 3. The Labute approximate surface area is 205 Å². The van der Waals surface area contributed by atoms with Gasteiger partial charge in [0.1, 0.15) is 6.04 Å². The van der Waals surface area contributed by atoms with E-state index in [4.69, 9.17) is 11.5 Å². The van der Waals surface area contributed by atoms with Gasteiger partial charge in [0.15, 0.2) is 5.96 Å². The minimum absolute atomic E-state index is 0.00724. The van der Waals surface area contributed by atoms with Crippen LogP contribution in [0.2, 0.25) is 0 Å². The molecular formula is C22H34N6O6S. The van der Waals surface area contributed by atoms with Gasteiger partial charge in [-0.15, -0.1) is 0 Å². The van der Waals surface area contributed by atoms with Crippen molar-refractivity contribution in [3.63, 3.8) is 0 Å². The number of hydrogen-bond donors (Lipinski definition) is 6. The largest absolute Gasteiger partial charge is 0.480 e. The minimum Gasteiger partial charge on any atom is -0.480 e. The predicted molar refractivity (Wildman–Crippen MR) is 130 cm³/mol. The Hall–Kier alpha value is -3.19. The number of guanidine groups is 1. The molecule has 1 atom stereocenters. The zero-order valence-corrected chi connectivity index (χ0v) is 20.3. The molecule has 1 unspecified atom stereocenters. The topological polar surface area (TPSA) is 206 Å². The second-order valence-corrected chi connectivity index (χ2v) is 10.2. The second-order valence-electron chi connectivity index (χ2n) is 8.50. The third kappa shape index (κ3) is 9.91. The molecule has 8 N–H and O–H groups in total. The number of nitrogens with zero attached hydrogens (tertiary/aromatic N) is 1. The summed E-state index contributed by atoms with van der Waals surface area (Å²) in [6.45, 7) is 1.28. The monoisotopic (exact) mass is 510 g/mol. The van der Waals surface area contributed by atoms with Crippen molar-refractivity contribution in [1.82, 2.24) is 15.4 Å². The van der Waals surface area contributed by atoms with Crippen molar-refractivity contribution in [3.8, 4) is 0 Å². The number of hydrogen-bond acceptors (Lipinski definition) is 6. The fourth-order valence-electron chi connectivity index (χ4n) is 3.82. The highest BCUT2D eigenvalue weighted by molar-refractivity contribution is 7.89.